The van der Waals surface area contributed by atoms with Crippen molar-refractivity contribution >= 4 is 23.4 Å². The lowest BCUT2D eigenvalue weighted by atomic mass is 10.2. The zero-order valence-electron chi connectivity index (χ0n) is 18.0. The minimum Gasteiger partial charge on any atom is -0.449 e. The summed E-state index contributed by atoms with van der Waals surface area (Å²) in [4.78, 5) is 24.9. The zero-order chi connectivity index (χ0) is 22.7. The Bertz CT molecular complexity index is 1140. The van der Waals surface area contributed by atoms with Gasteiger partial charge >= 0.3 is 6.09 Å². The molecular weight excluding hydrogens is 411 g/mol. The molecule has 2 amide bonds. The Kier molecular flexibility index (Phi) is 6.20. The minimum absolute atomic E-state index is 0.239. The Balaban J connectivity index is 1.51. The number of nitrogens with zero attached hydrogens (tertiary/aromatic N) is 2. The molecule has 0 atom stereocenters. The van der Waals surface area contributed by atoms with Crippen LogP contribution < -0.4 is 10.6 Å². The molecule has 1 aliphatic carbocycles. The molecule has 2 N–H and O–H groups in total. The van der Waals surface area contributed by atoms with Crippen LogP contribution in [0.4, 0.5) is 20.6 Å². The highest BCUT2D eigenvalue weighted by Gasteiger charge is 2.27. The highest BCUT2D eigenvalue weighted by Crippen LogP contribution is 2.28. The number of hydrogen-bond donors (Lipinski definition) is 2. The molecule has 1 heterocycles. The maximum absolute atomic E-state index is 13.3. The van der Waals surface area contributed by atoms with Crippen molar-refractivity contribution in [2.24, 2.45) is 5.92 Å². The number of nitrogens with one attached hydrogen (secondary N) is 2. The molecule has 8 heteroatoms. The van der Waals surface area contributed by atoms with Gasteiger partial charge in [-0.15, -0.1) is 0 Å². The van der Waals surface area contributed by atoms with Crippen LogP contribution in [0.3, 0.4) is 0 Å². The molecule has 1 aromatic heterocycles. The fourth-order valence-corrected chi connectivity index (χ4v) is 3.68. The monoisotopic (exact) mass is 436 g/mol. The second-order valence-corrected chi connectivity index (χ2v) is 8.17. The van der Waals surface area contributed by atoms with Gasteiger partial charge in [0.15, 0.2) is 5.69 Å². The van der Waals surface area contributed by atoms with Gasteiger partial charge in [-0.3, -0.25) is 10.1 Å². The fraction of sp³-hybridized carbons (Fsp3) is 0.292. The van der Waals surface area contributed by atoms with Gasteiger partial charge in [0.25, 0.3) is 5.91 Å². The molecule has 166 valence electrons. The Morgan fingerprint density at radius 2 is 1.81 bits per heavy atom. The normalized spacial score (nSPS) is 12.5. The summed E-state index contributed by atoms with van der Waals surface area (Å²) in [6.45, 7) is 4.24. The molecular formula is C24H25FN4O3. The summed E-state index contributed by atoms with van der Waals surface area (Å²) in [5, 5.41) is 10.1. The van der Waals surface area contributed by atoms with E-state index >= 15 is 0 Å². The van der Waals surface area contributed by atoms with Gasteiger partial charge in [-0.05, 0) is 67.6 Å². The number of benzene rings is 2. The Labute approximate surface area is 185 Å². The van der Waals surface area contributed by atoms with E-state index < -0.39 is 6.09 Å². The Morgan fingerprint density at radius 1 is 1.09 bits per heavy atom. The van der Waals surface area contributed by atoms with Gasteiger partial charge in [-0.2, -0.15) is 5.10 Å². The van der Waals surface area contributed by atoms with Crippen LogP contribution in [-0.2, 0) is 17.6 Å². The average Bonchev–Trinajstić information content (AvgIpc) is 3.36. The van der Waals surface area contributed by atoms with Crippen molar-refractivity contribution < 1.29 is 18.7 Å². The van der Waals surface area contributed by atoms with E-state index in [-0.39, 0.29) is 17.6 Å². The molecule has 0 unspecified atom stereocenters. The SMILES string of the molecule is CC(C)COC(=O)Nc1cccc(NC(=O)c2nn(-c3ccc(F)cc3)c3c2CCC3)c1. The van der Waals surface area contributed by atoms with Crippen LogP contribution in [-0.4, -0.2) is 28.4 Å². The summed E-state index contributed by atoms with van der Waals surface area (Å²) < 4.78 is 20.2. The first-order valence-electron chi connectivity index (χ1n) is 10.6. The van der Waals surface area contributed by atoms with E-state index in [0.29, 0.717) is 23.7 Å². The third kappa shape index (κ3) is 4.80. The minimum atomic E-state index is -0.543. The van der Waals surface area contributed by atoms with E-state index in [9.17, 15) is 14.0 Å². The lowest BCUT2D eigenvalue weighted by molar-refractivity contribution is 0.102. The van der Waals surface area contributed by atoms with Crippen molar-refractivity contribution in [3.63, 3.8) is 0 Å². The topological polar surface area (TPSA) is 85.2 Å². The summed E-state index contributed by atoms with van der Waals surface area (Å²) in [6.07, 6.45) is 1.97. The Morgan fingerprint density at radius 3 is 2.53 bits per heavy atom. The first-order chi connectivity index (χ1) is 15.4. The lowest BCUT2D eigenvalue weighted by Gasteiger charge is -2.10. The number of rotatable bonds is 6. The van der Waals surface area contributed by atoms with Crippen LogP contribution in [0.15, 0.2) is 48.5 Å². The van der Waals surface area contributed by atoms with Crippen LogP contribution in [0.25, 0.3) is 5.69 Å². The number of ether oxygens (including phenoxy) is 1. The number of aromatic nitrogens is 2. The summed E-state index contributed by atoms with van der Waals surface area (Å²) in [5.74, 6) is -0.413. The van der Waals surface area contributed by atoms with Gasteiger partial charge in [0.2, 0.25) is 0 Å². The average molecular weight is 436 g/mol. The van der Waals surface area contributed by atoms with Crippen molar-refractivity contribution in [3.05, 3.63) is 71.3 Å². The maximum Gasteiger partial charge on any atom is 0.411 e. The predicted octanol–water partition coefficient (Wildman–Crippen LogP) is 4.96. The van der Waals surface area contributed by atoms with E-state index in [2.05, 4.69) is 15.7 Å². The van der Waals surface area contributed by atoms with Gasteiger partial charge in [0.1, 0.15) is 5.82 Å². The quantitative estimate of drug-likeness (QED) is 0.572. The molecule has 32 heavy (non-hydrogen) atoms. The lowest BCUT2D eigenvalue weighted by Crippen LogP contribution is -2.17. The third-order valence-corrected chi connectivity index (χ3v) is 5.13. The van der Waals surface area contributed by atoms with Gasteiger partial charge < -0.3 is 10.1 Å². The van der Waals surface area contributed by atoms with Gasteiger partial charge in [0, 0.05) is 22.6 Å². The fourth-order valence-electron chi connectivity index (χ4n) is 3.68. The van der Waals surface area contributed by atoms with Crippen LogP contribution in [0.5, 0.6) is 0 Å². The molecule has 0 radical (unpaired) electrons. The Hall–Kier alpha value is -3.68. The van der Waals surface area contributed by atoms with Crippen molar-refractivity contribution in [1.29, 1.82) is 0 Å². The van der Waals surface area contributed by atoms with E-state index in [1.165, 1.54) is 12.1 Å². The first kappa shape index (κ1) is 21.5. The molecule has 0 saturated carbocycles. The predicted molar refractivity (Wildman–Crippen MR) is 120 cm³/mol. The number of carbonyl (C=O) groups is 2. The number of amides is 2. The van der Waals surface area contributed by atoms with Gasteiger partial charge in [0.05, 0.1) is 12.3 Å². The van der Waals surface area contributed by atoms with E-state index in [0.717, 1.165) is 36.2 Å². The molecule has 3 aromatic rings. The molecule has 1 aliphatic rings. The standard InChI is InChI=1S/C24H25FN4O3/c1-15(2)14-32-24(31)27-18-6-3-5-17(13-18)26-23(30)22-20-7-4-8-21(20)29(28-22)19-11-9-16(25)10-12-19/h3,5-6,9-13,15H,4,7-8,14H2,1-2H3,(H,26,30)(H,27,31). The number of hydrogen-bond acceptors (Lipinski definition) is 4. The molecule has 4 rings (SSSR count). The smallest absolute Gasteiger partial charge is 0.411 e. The van der Waals surface area contributed by atoms with Crippen molar-refractivity contribution in [3.8, 4) is 5.69 Å². The third-order valence-electron chi connectivity index (χ3n) is 5.13. The molecule has 0 spiro atoms. The molecule has 0 saturated heterocycles. The molecule has 0 aliphatic heterocycles. The van der Waals surface area contributed by atoms with E-state index in [1.54, 1.807) is 41.1 Å². The molecule has 2 aromatic carbocycles. The first-order valence-corrected chi connectivity index (χ1v) is 10.6. The zero-order valence-corrected chi connectivity index (χ0v) is 18.0. The summed E-state index contributed by atoms with van der Waals surface area (Å²) >= 11 is 0. The van der Waals surface area contributed by atoms with Gasteiger partial charge in [-0.25, -0.2) is 13.9 Å². The van der Waals surface area contributed by atoms with Crippen LogP contribution in [0, 0.1) is 11.7 Å². The van der Waals surface area contributed by atoms with E-state index in [4.69, 9.17) is 4.74 Å². The number of halogens is 1. The summed E-state index contributed by atoms with van der Waals surface area (Å²) in [7, 11) is 0. The second kappa shape index (κ2) is 9.21. The molecule has 0 bridgehead atoms. The van der Waals surface area contributed by atoms with Crippen LogP contribution >= 0.6 is 0 Å². The number of fused-ring (bicyclic) bond motifs is 1. The molecule has 7 nitrogen and oxygen atoms in total. The number of carbonyl (C=O) groups excluding carboxylic acids is 2. The van der Waals surface area contributed by atoms with Crippen LogP contribution in [0.1, 0.15) is 42.0 Å². The van der Waals surface area contributed by atoms with Crippen LogP contribution in [0.2, 0.25) is 0 Å². The summed E-state index contributed by atoms with van der Waals surface area (Å²) in [5.41, 5.74) is 4.01. The van der Waals surface area contributed by atoms with Crippen molar-refractivity contribution in [2.75, 3.05) is 17.2 Å². The second-order valence-electron chi connectivity index (χ2n) is 8.17. The van der Waals surface area contributed by atoms with Crippen molar-refractivity contribution in [1.82, 2.24) is 9.78 Å². The highest BCUT2D eigenvalue weighted by molar-refractivity contribution is 6.04. The van der Waals surface area contributed by atoms with Gasteiger partial charge in [-0.1, -0.05) is 19.9 Å². The largest absolute Gasteiger partial charge is 0.449 e. The maximum atomic E-state index is 13.3. The van der Waals surface area contributed by atoms with Crippen molar-refractivity contribution in [2.45, 2.75) is 33.1 Å². The highest BCUT2D eigenvalue weighted by atomic mass is 19.1. The van der Waals surface area contributed by atoms with E-state index in [1.807, 2.05) is 13.8 Å². The molecule has 0 fully saturated rings. The number of anilines is 2. The summed E-state index contributed by atoms with van der Waals surface area (Å²) in [6, 6.07) is 12.9.